The van der Waals surface area contributed by atoms with Crippen LogP contribution in [0, 0.1) is 6.92 Å². The molecule has 0 saturated carbocycles. The van der Waals surface area contributed by atoms with Gasteiger partial charge in [-0.3, -0.25) is 14.3 Å². The molecule has 2 N–H and O–H groups in total. The molecule has 13 heteroatoms. The number of ether oxygens (including phenoxy) is 1. The van der Waals surface area contributed by atoms with Gasteiger partial charge in [0.1, 0.15) is 12.3 Å². The van der Waals surface area contributed by atoms with E-state index >= 15 is 0 Å². The van der Waals surface area contributed by atoms with Crippen molar-refractivity contribution in [2.45, 2.75) is 31.8 Å². The van der Waals surface area contributed by atoms with Gasteiger partial charge in [-0.1, -0.05) is 0 Å². The van der Waals surface area contributed by atoms with Crippen molar-refractivity contribution >= 4 is 7.82 Å². The molecule has 118 valence electrons. The zero-order valence-electron chi connectivity index (χ0n) is 12.9. The van der Waals surface area contributed by atoms with E-state index in [0.717, 1.165) is 4.57 Å². The van der Waals surface area contributed by atoms with Crippen LogP contribution in [-0.4, -0.2) is 33.5 Å². The van der Waals surface area contributed by atoms with E-state index in [0.29, 0.717) is 0 Å². The number of hydrogen-bond acceptors (Lipinski definition) is 8. The molecule has 0 amide bonds. The van der Waals surface area contributed by atoms with Gasteiger partial charge in [0.2, 0.25) is 0 Å². The minimum Gasteiger partial charge on any atom is -0.790 e. The van der Waals surface area contributed by atoms with Crippen molar-refractivity contribution < 1.29 is 87.8 Å². The molecule has 0 bridgehead atoms. The number of phosphoric acid groups is 1. The van der Waals surface area contributed by atoms with E-state index in [4.69, 9.17) is 4.74 Å². The van der Waals surface area contributed by atoms with Crippen LogP contribution >= 0.6 is 7.82 Å². The summed E-state index contributed by atoms with van der Waals surface area (Å²) in [5.74, 6) is 0. The molecule has 0 aliphatic carbocycles. The Morgan fingerprint density at radius 3 is 2.65 bits per heavy atom. The fourth-order valence-electron chi connectivity index (χ4n) is 2.00. The van der Waals surface area contributed by atoms with Gasteiger partial charge in [-0.25, -0.2) is 4.79 Å². The minimum atomic E-state index is -5.17. The molecule has 10 nitrogen and oxygen atoms in total. The topological polar surface area (TPSA) is 157 Å². The number of phosphoric ester groups is 1. The second-order valence-electron chi connectivity index (χ2n) is 4.65. The van der Waals surface area contributed by atoms with Crippen LogP contribution in [0.2, 0.25) is 0 Å². The Balaban J connectivity index is 0.00000242. The molecule has 0 spiro atoms. The Hall–Kier alpha value is 0.710. The van der Waals surface area contributed by atoms with Crippen molar-refractivity contribution in [3.63, 3.8) is 0 Å². The summed E-state index contributed by atoms with van der Waals surface area (Å²) in [5, 5.41) is 9.75. The first-order valence-corrected chi connectivity index (χ1v) is 7.45. The van der Waals surface area contributed by atoms with Crippen molar-refractivity contribution in [2.75, 3.05) is 6.61 Å². The number of rotatable bonds is 4. The van der Waals surface area contributed by atoms with Gasteiger partial charge in [0.15, 0.2) is 0 Å². The van der Waals surface area contributed by atoms with E-state index in [-0.39, 0.29) is 71.1 Å². The standard InChI is InChI=1S/C10H15N2O8P.2Na/c1-5-3-12(10(15)11-9(5)14)8-2-6(13)7(20-8)4-19-21(16,17)18;;/h3,6-8,13H,2,4H2,1H3,(H,11,14,15)(H2,16,17,18);;/q;2*+1/p-2/t6-,7+,8+;;/m0../s1. The van der Waals surface area contributed by atoms with Crippen molar-refractivity contribution in [2.24, 2.45) is 0 Å². The molecule has 1 aromatic rings. The predicted octanol–water partition coefficient (Wildman–Crippen LogP) is -8.65. The molecule has 1 aliphatic rings. The van der Waals surface area contributed by atoms with Gasteiger partial charge in [0, 0.05) is 18.2 Å². The molecule has 1 aromatic heterocycles. The number of aliphatic hydroxyl groups is 1. The Bertz CT molecular complexity index is 686. The van der Waals surface area contributed by atoms with Crippen LogP contribution < -0.4 is 80.2 Å². The average Bonchev–Trinajstić information content (AvgIpc) is 2.72. The molecule has 0 radical (unpaired) electrons. The van der Waals surface area contributed by atoms with Crippen LogP contribution in [0.1, 0.15) is 18.2 Å². The number of aromatic amines is 1. The van der Waals surface area contributed by atoms with Gasteiger partial charge in [-0.05, 0) is 6.92 Å². The van der Waals surface area contributed by atoms with Crippen LogP contribution in [0.4, 0.5) is 0 Å². The maximum Gasteiger partial charge on any atom is 1.00 e. The molecule has 1 aliphatic heterocycles. The molecule has 23 heavy (non-hydrogen) atoms. The summed E-state index contributed by atoms with van der Waals surface area (Å²) < 4.78 is 20.8. The van der Waals surface area contributed by atoms with E-state index in [1.807, 2.05) is 0 Å². The van der Waals surface area contributed by atoms with Crippen molar-refractivity contribution in [1.82, 2.24) is 9.55 Å². The van der Waals surface area contributed by atoms with E-state index in [2.05, 4.69) is 9.51 Å². The van der Waals surface area contributed by atoms with Gasteiger partial charge in [0.25, 0.3) is 5.56 Å². The first kappa shape index (κ1) is 23.7. The summed E-state index contributed by atoms with van der Waals surface area (Å²) in [5.41, 5.74) is -0.980. The van der Waals surface area contributed by atoms with Crippen molar-refractivity contribution in [1.29, 1.82) is 0 Å². The molecule has 2 heterocycles. The zero-order chi connectivity index (χ0) is 15.8. The number of nitrogens with one attached hydrogen (secondary N) is 1. The molecule has 0 unspecified atom stereocenters. The predicted molar refractivity (Wildman–Crippen MR) is 64.2 cm³/mol. The van der Waals surface area contributed by atoms with Gasteiger partial charge < -0.3 is 28.7 Å². The molecular formula is C10H13N2Na2O8P. The fraction of sp³-hybridized carbons (Fsp3) is 0.600. The third-order valence-electron chi connectivity index (χ3n) is 3.06. The molecule has 3 atom stereocenters. The molecular weight excluding hydrogens is 353 g/mol. The van der Waals surface area contributed by atoms with E-state index in [9.17, 15) is 29.0 Å². The van der Waals surface area contributed by atoms with Crippen molar-refractivity contribution in [3.05, 3.63) is 32.6 Å². The minimum absolute atomic E-state index is 0. The smallest absolute Gasteiger partial charge is 0.790 e. The number of aryl methyl sites for hydroxylation is 1. The van der Waals surface area contributed by atoms with Crippen LogP contribution in [-0.2, 0) is 13.8 Å². The first-order valence-electron chi connectivity index (χ1n) is 5.99. The number of hydrogen-bond donors (Lipinski definition) is 2. The maximum absolute atomic E-state index is 11.7. The van der Waals surface area contributed by atoms with Crippen molar-refractivity contribution in [3.8, 4) is 0 Å². The summed E-state index contributed by atoms with van der Waals surface area (Å²) in [6, 6.07) is 0. The summed E-state index contributed by atoms with van der Waals surface area (Å²) in [6.07, 6.45) is -1.81. The largest absolute Gasteiger partial charge is 1.00 e. The maximum atomic E-state index is 11.7. The molecule has 1 fully saturated rings. The van der Waals surface area contributed by atoms with Crippen LogP contribution in [0.5, 0.6) is 0 Å². The molecule has 2 rings (SSSR count). The molecule has 1 saturated heterocycles. The number of nitrogens with zero attached hydrogens (tertiary/aromatic N) is 1. The SMILES string of the molecule is Cc1cn([C@H]2C[C@H](O)[C@@H](COP(=O)([O-])[O-])O2)c(=O)[nH]c1=O.[Na+].[Na+]. The van der Waals surface area contributed by atoms with Gasteiger partial charge in [-0.2, -0.15) is 0 Å². The second-order valence-corrected chi connectivity index (χ2v) is 5.81. The summed E-state index contributed by atoms with van der Waals surface area (Å²) in [6.45, 7) is 0.852. The van der Waals surface area contributed by atoms with E-state index < -0.39 is 44.1 Å². The van der Waals surface area contributed by atoms with Crippen LogP contribution in [0.15, 0.2) is 15.8 Å². The molecule has 0 aromatic carbocycles. The Morgan fingerprint density at radius 1 is 1.48 bits per heavy atom. The van der Waals surface area contributed by atoms with Gasteiger partial charge >= 0.3 is 64.8 Å². The first-order chi connectivity index (χ1) is 9.67. The van der Waals surface area contributed by atoms with Gasteiger partial charge in [-0.15, -0.1) is 0 Å². The monoisotopic (exact) mass is 366 g/mol. The number of H-pyrrole nitrogens is 1. The second kappa shape index (κ2) is 9.42. The quantitative estimate of drug-likeness (QED) is 0.393. The van der Waals surface area contributed by atoms with Crippen LogP contribution in [0.25, 0.3) is 0 Å². The Kier molecular flexibility index (Phi) is 9.71. The zero-order valence-corrected chi connectivity index (χ0v) is 17.8. The number of aliphatic hydroxyl groups excluding tert-OH is 1. The average molecular weight is 366 g/mol. The third kappa shape index (κ3) is 6.50. The normalized spacial score (nSPS) is 23.9. The van der Waals surface area contributed by atoms with E-state index in [1.54, 1.807) is 0 Å². The third-order valence-corrected chi connectivity index (χ3v) is 3.52. The Morgan fingerprint density at radius 2 is 2.09 bits per heavy atom. The summed E-state index contributed by atoms with van der Waals surface area (Å²) in [7, 11) is -5.17. The van der Waals surface area contributed by atoms with Crippen LogP contribution in [0.3, 0.4) is 0 Å². The Labute approximate surface area is 175 Å². The van der Waals surface area contributed by atoms with E-state index in [1.165, 1.54) is 13.1 Å². The number of aromatic nitrogens is 2. The summed E-state index contributed by atoms with van der Waals surface area (Å²) in [4.78, 5) is 45.8. The fourth-order valence-corrected chi connectivity index (χ4v) is 2.33. The summed E-state index contributed by atoms with van der Waals surface area (Å²) >= 11 is 0. The van der Waals surface area contributed by atoms with Gasteiger partial charge in [0.05, 0.1) is 20.5 Å².